The zero-order chi connectivity index (χ0) is 26.6. The molecule has 0 bridgehead atoms. The van der Waals surface area contributed by atoms with Gasteiger partial charge < -0.3 is 24.4 Å². The number of hydrogen-bond acceptors (Lipinski definition) is 7. The van der Waals surface area contributed by atoms with E-state index in [-0.39, 0.29) is 19.0 Å². The second-order valence-electron chi connectivity index (χ2n) is 9.71. The van der Waals surface area contributed by atoms with Crippen LogP contribution in [0.5, 0.6) is 5.75 Å². The Morgan fingerprint density at radius 2 is 1.76 bits per heavy atom. The van der Waals surface area contributed by atoms with Gasteiger partial charge in [0.05, 0.1) is 19.1 Å². The Kier molecular flexibility index (Phi) is 7.64. The third-order valence-electron chi connectivity index (χ3n) is 5.66. The van der Waals surface area contributed by atoms with Crippen molar-refractivity contribution in [1.29, 1.82) is 0 Å². The summed E-state index contributed by atoms with van der Waals surface area (Å²) in [6, 6.07) is 20.5. The van der Waals surface area contributed by atoms with Crippen LogP contribution in [-0.4, -0.2) is 24.6 Å². The van der Waals surface area contributed by atoms with Crippen LogP contribution in [0.1, 0.15) is 48.0 Å². The number of fused-ring (bicyclic) bond motifs is 1. The number of benzene rings is 3. The molecule has 4 rings (SSSR count). The first kappa shape index (κ1) is 26.0. The summed E-state index contributed by atoms with van der Waals surface area (Å²) in [4.78, 5) is 24.7. The Hall–Kier alpha value is -4.10. The monoisotopic (exact) mass is 501 g/mol. The van der Waals surface area contributed by atoms with Crippen LogP contribution in [-0.2, 0) is 33.8 Å². The zero-order valence-electron chi connectivity index (χ0n) is 21.5. The minimum absolute atomic E-state index is 0.0949. The van der Waals surface area contributed by atoms with Crippen molar-refractivity contribution >= 4 is 22.9 Å². The van der Waals surface area contributed by atoms with Crippen molar-refractivity contribution in [3.05, 3.63) is 89.2 Å². The number of carbonyl (C=O) groups excluding carboxylic acids is 2. The summed E-state index contributed by atoms with van der Waals surface area (Å²) in [5.74, 6) is 0.375. The topological polar surface area (TPSA) is 101 Å². The minimum Gasteiger partial charge on any atom is -0.485 e. The van der Waals surface area contributed by atoms with E-state index in [1.807, 2.05) is 75.4 Å². The molecule has 0 spiro atoms. The summed E-state index contributed by atoms with van der Waals surface area (Å²) in [6.45, 7) is 6.03. The fraction of sp³-hybridized carbons (Fsp3) is 0.267. The van der Waals surface area contributed by atoms with Gasteiger partial charge in [0, 0.05) is 23.1 Å². The van der Waals surface area contributed by atoms with Gasteiger partial charge in [-0.15, -0.1) is 0 Å². The lowest BCUT2D eigenvalue weighted by Gasteiger charge is -2.20. The van der Waals surface area contributed by atoms with Gasteiger partial charge >= 0.3 is 11.9 Å². The number of esters is 2. The molecule has 0 amide bonds. The van der Waals surface area contributed by atoms with Gasteiger partial charge in [-0.2, -0.15) is 0 Å². The van der Waals surface area contributed by atoms with Gasteiger partial charge in [-0.1, -0.05) is 36.4 Å². The molecule has 2 N–H and O–H groups in total. The van der Waals surface area contributed by atoms with Crippen LogP contribution < -0.4 is 10.5 Å². The van der Waals surface area contributed by atoms with Gasteiger partial charge in [0.1, 0.15) is 29.3 Å². The lowest BCUT2D eigenvalue weighted by atomic mass is 9.99. The number of para-hydroxylation sites is 1. The summed E-state index contributed by atoms with van der Waals surface area (Å²) < 4.78 is 22.7. The first-order valence-electron chi connectivity index (χ1n) is 12.0. The molecular weight excluding hydrogens is 470 g/mol. The van der Waals surface area contributed by atoms with Crippen LogP contribution in [0.15, 0.2) is 71.1 Å². The van der Waals surface area contributed by atoms with Gasteiger partial charge in [-0.25, -0.2) is 4.79 Å². The first-order valence-corrected chi connectivity index (χ1v) is 12.0. The third kappa shape index (κ3) is 6.37. The maximum atomic E-state index is 12.4. The van der Waals surface area contributed by atoms with E-state index in [1.54, 1.807) is 12.1 Å². The highest BCUT2D eigenvalue weighted by molar-refractivity contribution is 6.01. The molecule has 0 aliphatic carbocycles. The van der Waals surface area contributed by atoms with Crippen molar-refractivity contribution in [1.82, 2.24) is 0 Å². The van der Waals surface area contributed by atoms with Crippen molar-refractivity contribution in [2.75, 3.05) is 7.11 Å². The van der Waals surface area contributed by atoms with E-state index in [1.165, 1.54) is 7.11 Å². The summed E-state index contributed by atoms with van der Waals surface area (Å²) in [7, 11) is 1.35. The Bertz CT molecular complexity index is 1430. The predicted octanol–water partition coefficient (Wildman–Crippen LogP) is 5.81. The molecule has 1 heterocycles. The smallest absolute Gasteiger partial charge is 0.337 e. The molecule has 0 atom stereocenters. The van der Waals surface area contributed by atoms with Crippen molar-refractivity contribution in [3.63, 3.8) is 0 Å². The van der Waals surface area contributed by atoms with Gasteiger partial charge in [0.25, 0.3) is 0 Å². The highest BCUT2D eigenvalue weighted by Gasteiger charge is 2.19. The van der Waals surface area contributed by atoms with Crippen molar-refractivity contribution in [2.24, 2.45) is 5.73 Å². The molecule has 7 nitrogen and oxygen atoms in total. The number of hydrogen-bond donors (Lipinski definition) is 1. The number of nitrogens with two attached hydrogens (primary N) is 1. The average Bonchev–Trinajstić information content (AvgIpc) is 3.29. The van der Waals surface area contributed by atoms with Crippen LogP contribution in [0.25, 0.3) is 22.1 Å². The largest absolute Gasteiger partial charge is 0.485 e. The SMILES string of the molecule is COC(=O)c1cc(-c2cccc(CN)c2)c2oc(COc3ccccc3CC(=O)OC(C)(C)C)cc2c1. The summed E-state index contributed by atoms with van der Waals surface area (Å²) in [6.07, 6.45) is 0.0949. The van der Waals surface area contributed by atoms with E-state index in [9.17, 15) is 9.59 Å². The minimum atomic E-state index is -0.564. The molecule has 0 fully saturated rings. The quantitative estimate of drug-likeness (QED) is 0.304. The van der Waals surface area contributed by atoms with Crippen LogP contribution in [0.2, 0.25) is 0 Å². The van der Waals surface area contributed by atoms with E-state index < -0.39 is 11.6 Å². The van der Waals surface area contributed by atoms with E-state index >= 15 is 0 Å². The van der Waals surface area contributed by atoms with Crippen LogP contribution in [0.4, 0.5) is 0 Å². The van der Waals surface area contributed by atoms with Crippen LogP contribution >= 0.6 is 0 Å². The van der Waals surface area contributed by atoms with Gasteiger partial charge in [-0.05, 0) is 62.2 Å². The molecule has 0 aliphatic heterocycles. The second kappa shape index (κ2) is 10.9. The zero-order valence-corrected chi connectivity index (χ0v) is 21.5. The van der Waals surface area contributed by atoms with E-state index in [4.69, 9.17) is 24.4 Å². The molecule has 0 saturated carbocycles. The summed E-state index contributed by atoms with van der Waals surface area (Å²) in [5, 5.41) is 0.747. The van der Waals surface area contributed by atoms with Gasteiger partial charge in [-0.3, -0.25) is 4.79 Å². The van der Waals surface area contributed by atoms with Crippen molar-refractivity contribution in [3.8, 4) is 16.9 Å². The highest BCUT2D eigenvalue weighted by Crippen LogP contribution is 2.34. The number of methoxy groups -OCH3 is 1. The standard InChI is InChI=1S/C30H31NO6/c1-30(2,3)37-27(32)16-21-9-5-6-11-26(21)35-18-24-14-22-13-23(29(33)34-4)15-25(28(22)36-24)20-10-7-8-19(12-20)17-31/h5-15H,16-18,31H2,1-4H3. The van der Waals surface area contributed by atoms with Crippen molar-refractivity contribution < 1.29 is 28.2 Å². The van der Waals surface area contributed by atoms with E-state index in [2.05, 4.69) is 0 Å². The van der Waals surface area contributed by atoms with E-state index in [0.717, 1.165) is 27.6 Å². The van der Waals surface area contributed by atoms with Crippen molar-refractivity contribution in [2.45, 2.75) is 45.9 Å². The predicted molar refractivity (Wildman–Crippen MR) is 141 cm³/mol. The lowest BCUT2D eigenvalue weighted by molar-refractivity contribution is -0.153. The average molecular weight is 502 g/mol. The Balaban J connectivity index is 1.64. The molecule has 7 heteroatoms. The van der Waals surface area contributed by atoms with E-state index in [0.29, 0.717) is 29.2 Å². The molecule has 0 aliphatic rings. The number of carbonyl (C=O) groups is 2. The van der Waals surface area contributed by atoms with Gasteiger partial charge in [0.2, 0.25) is 0 Å². The highest BCUT2D eigenvalue weighted by atomic mass is 16.6. The maximum absolute atomic E-state index is 12.4. The Morgan fingerprint density at radius 1 is 0.973 bits per heavy atom. The van der Waals surface area contributed by atoms with Gasteiger partial charge in [0.15, 0.2) is 0 Å². The number of ether oxygens (including phenoxy) is 3. The molecule has 0 radical (unpaired) electrons. The van der Waals surface area contributed by atoms with Crippen LogP contribution in [0, 0.1) is 0 Å². The first-order chi connectivity index (χ1) is 17.7. The van der Waals surface area contributed by atoms with Crippen LogP contribution in [0.3, 0.4) is 0 Å². The maximum Gasteiger partial charge on any atom is 0.337 e. The third-order valence-corrected chi connectivity index (χ3v) is 5.66. The molecule has 0 saturated heterocycles. The summed E-state index contributed by atoms with van der Waals surface area (Å²) in [5.41, 5.74) is 9.64. The lowest BCUT2D eigenvalue weighted by Crippen LogP contribution is -2.25. The number of furan rings is 1. The molecular formula is C30H31NO6. The molecule has 1 aromatic heterocycles. The molecule has 37 heavy (non-hydrogen) atoms. The molecule has 3 aromatic carbocycles. The summed E-state index contributed by atoms with van der Waals surface area (Å²) >= 11 is 0. The molecule has 0 unspecified atom stereocenters. The normalized spacial score (nSPS) is 11.4. The fourth-order valence-electron chi connectivity index (χ4n) is 4.07. The fourth-order valence-corrected chi connectivity index (χ4v) is 4.07. The molecule has 4 aromatic rings. The number of rotatable bonds is 8. The Labute approximate surface area is 216 Å². The second-order valence-corrected chi connectivity index (χ2v) is 9.71. The molecule has 192 valence electrons. The Morgan fingerprint density at radius 3 is 2.49 bits per heavy atom.